The molecule has 0 bridgehead atoms. The van der Waals surface area contributed by atoms with Crippen molar-refractivity contribution in [3.8, 4) is 0 Å². The molecule has 0 aromatic carbocycles. The maximum Gasteiger partial charge on any atom is 0.333 e. The van der Waals surface area contributed by atoms with Crippen LogP contribution in [0, 0.1) is 0 Å². The van der Waals surface area contributed by atoms with Gasteiger partial charge in [-0.25, -0.2) is 4.79 Å². The zero-order valence-corrected chi connectivity index (χ0v) is 5.57. The fraction of sp³-hybridized carbons (Fsp3) is 0.333. The molecule has 10 heavy (non-hydrogen) atoms. The summed E-state index contributed by atoms with van der Waals surface area (Å²) < 4.78 is 4.46. The second-order valence-electron chi connectivity index (χ2n) is 1.78. The third kappa shape index (κ3) is 1.34. The molecular formula is C6H8N2O2. The molecule has 0 aromatic rings. The molecule has 1 unspecified atom stereocenters. The molecule has 1 atom stereocenters. The van der Waals surface area contributed by atoms with E-state index in [4.69, 9.17) is 0 Å². The summed E-state index contributed by atoms with van der Waals surface area (Å²) in [6, 6.07) is -0.421. The van der Waals surface area contributed by atoms with Crippen molar-refractivity contribution in [2.24, 2.45) is 4.99 Å². The van der Waals surface area contributed by atoms with Crippen molar-refractivity contribution in [1.82, 2.24) is 5.32 Å². The van der Waals surface area contributed by atoms with Gasteiger partial charge >= 0.3 is 5.97 Å². The Morgan fingerprint density at radius 1 is 1.80 bits per heavy atom. The Morgan fingerprint density at radius 2 is 2.60 bits per heavy atom. The van der Waals surface area contributed by atoms with Crippen molar-refractivity contribution >= 4 is 12.2 Å². The van der Waals surface area contributed by atoms with Crippen LogP contribution in [0.4, 0.5) is 0 Å². The summed E-state index contributed by atoms with van der Waals surface area (Å²) in [5.41, 5.74) is 0. The molecule has 0 fully saturated rings. The van der Waals surface area contributed by atoms with E-state index in [-0.39, 0.29) is 5.97 Å². The van der Waals surface area contributed by atoms with Crippen LogP contribution in [-0.4, -0.2) is 25.3 Å². The van der Waals surface area contributed by atoms with Crippen LogP contribution in [-0.2, 0) is 9.53 Å². The molecule has 0 aromatic heterocycles. The molecule has 4 heteroatoms. The number of hydrogen-bond donors (Lipinski definition) is 1. The lowest BCUT2D eigenvalue weighted by Gasteiger charge is -2.10. The predicted molar refractivity (Wildman–Crippen MR) is 36.6 cm³/mol. The molecule has 0 saturated carbocycles. The molecule has 1 aliphatic rings. The highest BCUT2D eigenvalue weighted by Crippen LogP contribution is 1.89. The number of methoxy groups -OCH3 is 1. The molecule has 1 heterocycles. The van der Waals surface area contributed by atoms with Crippen LogP contribution < -0.4 is 5.32 Å². The first kappa shape index (κ1) is 6.80. The lowest BCUT2D eigenvalue weighted by atomic mass is 10.3. The highest BCUT2D eigenvalue weighted by Gasteiger charge is 2.14. The lowest BCUT2D eigenvalue weighted by molar-refractivity contribution is -0.140. The van der Waals surface area contributed by atoms with E-state index >= 15 is 0 Å². The summed E-state index contributed by atoms with van der Waals surface area (Å²) in [7, 11) is 1.34. The Hall–Kier alpha value is -1.32. The van der Waals surface area contributed by atoms with Crippen molar-refractivity contribution in [1.29, 1.82) is 0 Å². The van der Waals surface area contributed by atoms with Gasteiger partial charge in [-0.05, 0) is 0 Å². The number of nitrogens with zero attached hydrogens (tertiary/aromatic N) is 1. The van der Waals surface area contributed by atoms with Crippen LogP contribution in [0.25, 0.3) is 0 Å². The molecule has 0 saturated heterocycles. The van der Waals surface area contributed by atoms with E-state index in [2.05, 4.69) is 15.0 Å². The van der Waals surface area contributed by atoms with E-state index in [0.29, 0.717) is 0 Å². The van der Waals surface area contributed by atoms with Crippen molar-refractivity contribution in [2.45, 2.75) is 6.04 Å². The highest BCUT2D eigenvalue weighted by atomic mass is 16.5. The van der Waals surface area contributed by atoms with Gasteiger partial charge in [-0.15, -0.1) is 0 Å². The average molecular weight is 140 g/mol. The third-order valence-corrected chi connectivity index (χ3v) is 1.13. The summed E-state index contributed by atoms with van der Waals surface area (Å²) in [4.78, 5) is 14.5. The monoisotopic (exact) mass is 140 g/mol. The highest BCUT2D eigenvalue weighted by molar-refractivity contribution is 5.94. The van der Waals surface area contributed by atoms with Crippen LogP contribution in [0.2, 0.25) is 0 Å². The Balaban J connectivity index is 2.51. The second-order valence-corrected chi connectivity index (χ2v) is 1.78. The van der Waals surface area contributed by atoms with Crippen LogP contribution in [0.15, 0.2) is 17.4 Å². The fourth-order valence-corrected chi connectivity index (χ4v) is 0.624. The molecule has 1 N–H and O–H groups in total. The Labute approximate surface area is 58.6 Å². The van der Waals surface area contributed by atoms with Crippen LogP contribution in [0.3, 0.4) is 0 Å². The first-order chi connectivity index (χ1) is 4.84. The summed E-state index contributed by atoms with van der Waals surface area (Å²) >= 11 is 0. The van der Waals surface area contributed by atoms with Gasteiger partial charge in [0.2, 0.25) is 0 Å². The lowest BCUT2D eigenvalue weighted by Crippen LogP contribution is -2.36. The van der Waals surface area contributed by atoms with Crippen LogP contribution in [0.1, 0.15) is 0 Å². The summed E-state index contributed by atoms with van der Waals surface area (Å²) in [6.07, 6.45) is 4.66. The molecule has 0 spiro atoms. The largest absolute Gasteiger partial charge is 0.467 e. The first-order valence-corrected chi connectivity index (χ1v) is 2.87. The number of aliphatic imine (C=N–C) groups is 1. The zero-order valence-electron chi connectivity index (χ0n) is 5.57. The van der Waals surface area contributed by atoms with Crippen molar-refractivity contribution in [3.05, 3.63) is 12.4 Å². The van der Waals surface area contributed by atoms with E-state index < -0.39 is 6.04 Å². The number of ether oxygens (including phenoxy) is 1. The molecule has 4 nitrogen and oxygen atoms in total. The van der Waals surface area contributed by atoms with Gasteiger partial charge in [-0.3, -0.25) is 4.99 Å². The summed E-state index contributed by atoms with van der Waals surface area (Å²) in [6.45, 7) is 0. The van der Waals surface area contributed by atoms with Gasteiger partial charge < -0.3 is 10.1 Å². The Morgan fingerprint density at radius 3 is 3.10 bits per heavy atom. The van der Waals surface area contributed by atoms with Gasteiger partial charge in [0.25, 0.3) is 0 Å². The molecule has 1 aliphatic heterocycles. The molecule has 0 amide bonds. The van der Waals surface area contributed by atoms with Gasteiger partial charge in [0.1, 0.15) is 0 Å². The molecular weight excluding hydrogens is 132 g/mol. The number of rotatable bonds is 1. The van der Waals surface area contributed by atoms with E-state index in [0.717, 1.165) is 0 Å². The van der Waals surface area contributed by atoms with E-state index in [9.17, 15) is 4.79 Å². The number of carbonyl (C=O) groups excluding carboxylic acids is 1. The van der Waals surface area contributed by atoms with E-state index in [1.54, 1.807) is 12.4 Å². The normalized spacial score (nSPS) is 21.9. The SMILES string of the molecule is COC(=O)C1C=NC=CN1. The summed E-state index contributed by atoms with van der Waals surface area (Å²) in [5.74, 6) is -0.326. The maximum atomic E-state index is 10.8. The van der Waals surface area contributed by atoms with Gasteiger partial charge in [-0.1, -0.05) is 0 Å². The molecule has 0 aliphatic carbocycles. The zero-order chi connectivity index (χ0) is 7.40. The van der Waals surface area contributed by atoms with Crippen molar-refractivity contribution in [2.75, 3.05) is 7.11 Å². The number of carbonyl (C=O) groups is 1. The third-order valence-electron chi connectivity index (χ3n) is 1.13. The molecule has 0 radical (unpaired) electrons. The quantitative estimate of drug-likeness (QED) is 0.507. The van der Waals surface area contributed by atoms with Crippen molar-refractivity contribution < 1.29 is 9.53 Å². The number of nitrogens with one attached hydrogen (secondary N) is 1. The van der Waals surface area contributed by atoms with E-state index in [1.807, 2.05) is 0 Å². The Kier molecular flexibility index (Phi) is 2.04. The average Bonchev–Trinajstić information content (AvgIpc) is 2.05. The summed E-state index contributed by atoms with van der Waals surface area (Å²) in [5, 5.41) is 2.77. The minimum Gasteiger partial charge on any atom is -0.467 e. The molecule has 1 rings (SSSR count). The van der Waals surface area contributed by atoms with E-state index in [1.165, 1.54) is 13.3 Å². The number of esters is 1. The van der Waals surface area contributed by atoms with Gasteiger partial charge in [-0.2, -0.15) is 0 Å². The Bertz CT molecular complexity index is 186. The standard InChI is InChI=1S/C6H8N2O2/c1-10-6(9)5-4-7-2-3-8-5/h2-5,8H,1H3. The predicted octanol–water partition coefficient (Wildman–Crippen LogP) is -0.327. The van der Waals surface area contributed by atoms with Crippen LogP contribution in [0.5, 0.6) is 0 Å². The van der Waals surface area contributed by atoms with Crippen LogP contribution >= 0.6 is 0 Å². The first-order valence-electron chi connectivity index (χ1n) is 2.87. The smallest absolute Gasteiger partial charge is 0.333 e. The van der Waals surface area contributed by atoms with Gasteiger partial charge in [0.15, 0.2) is 6.04 Å². The minimum absolute atomic E-state index is 0.326. The number of hydrogen-bond acceptors (Lipinski definition) is 4. The maximum absolute atomic E-state index is 10.8. The van der Waals surface area contributed by atoms with Gasteiger partial charge in [0.05, 0.1) is 7.11 Å². The topological polar surface area (TPSA) is 50.7 Å². The molecule has 54 valence electrons. The van der Waals surface area contributed by atoms with Crippen molar-refractivity contribution in [3.63, 3.8) is 0 Å². The second kappa shape index (κ2) is 3.00. The fourth-order valence-electron chi connectivity index (χ4n) is 0.624. The minimum atomic E-state index is -0.421. The van der Waals surface area contributed by atoms with Gasteiger partial charge in [0, 0.05) is 18.6 Å².